The molecule has 1 saturated heterocycles. The molecule has 2 aliphatic heterocycles. The van der Waals surface area contributed by atoms with Crippen molar-refractivity contribution < 1.29 is 9.53 Å². The Morgan fingerprint density at radius 2 is 2.33 bits per heavy atom. The Morgan fingerprint density at radius 3 is 3.06 bits per heavy atom. The van der Waals surface area contributed by atoms with E-state index in [4.69, 9.17) is 10.5 Å². The number of cyclic esters (lactones) is 1. The van der Waals surface area contributed by atoms with E-state index in [1.807, 2.05) is 6.07 Å². The number of fused-ring (bicyclic) bond motifs is 1. The van der Waals surface area contributed by atoms with Crippen LogP contribution in [0.25, 0.3) is 0 Å². The number of rotatable bonds is 2. The number of hydrogen-bond donors (Lipinski definition) is 1. The number of carbonyl (C=O) groups excluding carboxylic acids is 1. The highest BCUT2D eigenvalue weighted by Gasteiger charge is 2.32. The third-order valence-electron chi connectivity index (χ3n) is 3.64. The zero-order valence-corrected chi connectivity index (χ0v) is 10.4. The predicted octanol–water partition coefficient (Wildman–Crippen LogP) is 0.963. The van der Waals surface area contributed by atoms with Crippen LogP contribution >= 0.6 is 0 Å². The lowest BCUT2D eigenvalue weighted by Crippen LogP contribution is -2.27. The van der Waals surface area contributed by atoms with E-state index < -0.39 is 0 Å². The zero-order valence-electron chi connectivity index (χ0n) is 10.4. The Hall–Kier alpha value is -1.75. The molecule has 1 aromatic rings. The third-order valence-corrected chi connectivity index (χ3v) is 3.64. The van der Waals surface area contributed by atoms with Gasteiger partial charge in [0, 0.05) is 31.5 Å². The maximum atomic E-state index is 11.7. The number of ether oxygens (including phenoxy) is 1. The summed E-state index contributed by atoms with van der Waals surface area (Å²) < 4.78 is 5.17. The molecule has 2 aliphatic rings. The molecule has 1 unspecified atom stereocenters. The van der Waals surface area contributed by atoms with Gasteiger partial charge in [-0.1, -0.05) is 0 Å². The molecule has 0 saturated carbocycles. The largest absolute Gasteiger partial charge is 0.443 e. The second-order valence-corrected chi connectivity index (χ2v) is 4.84. The molecule has 2 N–H and O–H groups in total. The first-order valence-electron chi connectivity index (χ1n) is 6.21. The van der Waals surface area contributed by atoms with Gasteiger partial charge < -0.3 is 15.4 Å². The van der Waals surface area contributed by atoms with Crippen LogP contribution in [0.1, 0.15) is 5.56 Å². The summed E-state index contributed by atoms with van der Waals surface area (Å²) in [5.74, 6) is 0. The molecule has 0 radical (unpaired) electrons. The van der Waals surface area contributed by atoms with Crippen molar-refractivity contribution in [2.45, 2.75) is 12.5 Å². The Labute approximate surface area is 106 Å². The van der Waals surface area contributed by atoms with E-state index in [2.05, 4.69) is 24.1 Å². The summed E-state index contributed by atoms with van der Waals surface area (Å²) in [6.07, 6.45) is 0.549. The number of carbonyl (C=O) groups is 1. The molecule has 0 bridgehead atoms. The third kappa shape index (κ3) is 1.71. The monoisotopic (exact) mass is 247 g/mol. The summed E-state index contributed by atoms with van der Waals surface area (Å²) in [6.45, 7) is 1.95. The predicted molar refractivity (Wildman–Crippen MR) is 70.1 cm³/mol. The lowest BCUT2D eigenvalue weighted by molar-refractivity contribution is 0.145. The number of likely N-dealkylation sites (N-methyl/N-ethyl adjacent to an activating group) is 1. The highest BCUT2D eigenvalue weighted by Crippen LogP contribution is 2.32. The first-order chi connectivity index (χ1) is 8.69. The fourth-order valence-corrected chi connectivity index (χ4v) is 2.58. The van der Waals surface area contributed by atoms with Gasteiger partial charge in [0.05, 0.1) is 6.54 Å². The van der Waals surface area contributed by atoms with Gasteiger partial charge in [-0.3, -0.25) is 4.90 Å². The van der Waals surface area contributed by atoms with E-state index in [9.17, 15) is 4.79 Å². The topological polar surface area (TPSA) is 58.8 Å². The van der Waals surface area contributed by atoms with Crippen molar-refractivity contribution in [1.82, 2.24) is 0 Å². The molecule has 18 heavy (non-hydrogen) atoms. The minimum absolute atomic E-state index is 0.187. The lowest BCUT2D eigenvalue weighted by Gasteiger charge is -2.16. The van der Waals surface area contributed by atoms with Crippen LogP contribution in [0.15, 0.2) is 18.2 Å². The molecule has 0 spiro atoms. The van der Waals surface area contributed by atoms with E-state index in [1.54, 1.807) is 4.90 Å². The fraction of sp³-hybridized carbons (Fsp3) is 0.462. The van der Waals surface area contributed by atoms with Gasteiger partial charge in [-0.2, -0.15) is 0 Å². The van der Waals surface area contributed by atoms with E-state index >= 15 is 0 Å². The van der Waals surface area contributed by atoms with Crippen LogP contribution in [0, 0.1) is 0 Å². The summed E-state index contributed by atoms with van der Waals surface area (Å²) in [7, 11) is 2.08. The second kappa shape index (κ2) is 4.17. The van der Waals surface area contributed by atoms with Crippen molar-refractivity contribution >= 4 is 17.5 Å². The number of benzene rings is 1. The Balaban J connectivity index is 1.88. The molecule has 0 aliphatic carbocycles. The number of amides is 1. The van der Waals surface area contributed by atoms with Gasteiger partial charge in [0.2, 0.25) is 0 Å². The minimum Gasteiger partial charge on any atom is -0.443 e. The Kier molecular flexibility index (Phi) is 2.63. The van der Waals surface area contributed by atoms with Crippen LogP contribution in [0.2, 0.25) is 0 Å². The maximum absolute atomic E-state index is 11.7. The van der Waals surface area contributed by atoms with Crippen LogP contribution in [0.3, 0.4) is 0 Å². The standard InChI is InChI=1S/C13H17N3O2/c1-15-5-4-9-6-10(2-3-12(9)15)16-8-11(7-14)18-13(16)17/h2-3,6,11H,4-5,7-8,14H2,1H3. The highest BCUT2D eigenvalue weighted by molar-refractivity contribution is 5.90. The van der Waals surface area contributed by atoms with Crippen LogP contribution in [0.5, 0.6) is 0 Å². The van der Waals surface area contributed by atoms with Gasteiger partial charge >= 0.3 is 6.09 Å². The maximum Gasteiger partial charge on any atom is 0.414 e. The summed E-state index contributed by atoms with van der Waals surface area (Å²) in [5, 5.41) is 0. The second-order valence-electron chi connectivity index (χ2n) is 4.84. The van der Waals surface area contributed by atoms with Crippen molar-refractivity contribution in [3.63, 3.8) is 0 Å². The molecule has 96 valence electrons. The quantitative estimate of drug-likeness (QED) is 0.845. The average molecular weight is 247 g/mol. The van der Waals surface area contributed by atoms with Gasteiger partial charge in [0.15, 0.2) is 0 Å². The average Bonchev–Trinajstić information content (AvgIpc) is 2.93. The van der Waals surface area contributed by atoms with Crippen LogP contribution in [0.4, 0.5) is 16.2 Å². The zero-order chi connectivity index (χ0) is 12.7. The van der Waals surface area contributed by atoms with Gasteiger partial charge in [-0.05, 0) is 30.2 Å². The number of nitrogens with zero attached hydrogens (tertiary/aromatic N) is 2. The fourth-order valence-electron chi connectivity index (χ4n) is 2.58. The van der Waals surface area contributed by atoms with E-state index in [0.29, 0.717) is 13.1 Å². The van der Waals surface area contributed by atoms with Crippen LogP contribution < -0.4 is 15.5 Å². The molecule has 5 nitrogen and oxygen atoms in total. The number of nitrogens with two attached hydrogens (primary N) is 1. The SMILES string of the molecule is CN1CCc2cc(N3CC(CN)OC3=O)ccc21. The summed E-state index contributed by atoms with van der Waals surface area (Å²) in [4.78, 5) is 15.6. The Bertz CT molecular complexity index is 489. The van der Waals surface area contributed by atoms with Gasteiger partial charge in [0.1, 0.15) is 6.10 Å². The molecule has 2 heterocycles. The molecule has 1 fully saturated rings. The molecule has 5 heteroatoms. The number of hydrogen-bond acceptors (Lipinski definition) is 4. The first-order valence-corrected chi connectivity index (χ1v) is 6.21. The van der Waals surface area contributed by atoms with Gasteiger partial charge in [-0.25, -0.2) is 4.79 Å². The van der Waals surface area contributed by atoms with Crippen molar-refractivity contribution in [2.75, 3.05) is 36.5 Å². The van der Waals surface area contributed by atoms with Crippen molar-refractivity contribution in [3.8, 4) is 0 Å². The van der Waals surface area contributed by atoms with Crippen molar-refractivity contribution in [1.29, 1.82) is 0 Å². The highest BCUT2D eigenvalue weighted by atomic mass is 16.6. The van der Waals surface area contributed by atoms with E-state index in [1.165, 1.54) is 11.3 Å². The smallest absolute Gasteiger partial charge is 0.414 e. The molecular formula is C13H17N3O2. The Morgan fingerprint density at radius 1 is 1.50 bits per heavy atom. The van der Waals surface area contributed by atoms with Gasteiger partial charge in [0.25, 0.3) is 0 Å². The minimum atomic E-state index is -0.295. The van der Waals surface area contributed by atoms with Crippen molar-refractivity contribution in [3.05, 3.63) is 23.8 Å². The normalized spacial score (nSPS) is 22.3. The first kappa shape index (κ1) is 11.3. The summed E-state index contributed by atoms with van der Waals surface area (Å²) in [5.41, 5.74) is 8.98. The van der Waals surface area contributed by atoms with E-state index in [-0.39, 0.29) is 12.2 Å². The molecular weight excluding hydrogens is 230 g/mol. The van der Waals surface area contributed by atoms with Gasteiger partial charge in [-0.15, -0.1) is 0 Å². The molecule has 3 rings (SSSR count). The molecule has 1 aromatic carbocycles. The van der Waals surface area contributed by atoms with E-state index in [0.717, 1.165) is 18.7 Å². The van der Waals surface area contributed by atoms with Crippen LogP contribution in [-0.2, 0) is 11.2 Å². The molecule has 1 amide bonds. The van der Waals surface area contributed by atoms with Crippen LogP contribution in [-0.4, -0.2) is 38.9 Å². The summed E-state index contributed by atoms with van der Waals surface area (Å²) >= 11 is 0. The molecule has 1 atom stereocenters. The molecule has 0 aromatic heterocycles. The van der Waals surface area contributed by atoms with Crippen molar-refractivity contribution in [2.24, 2.45) is 5.73 Å². The summed E-state index contributed by atoms with van der Waals surface area (Å²) in [6, 6.07) is 6.13. The lowest BCUT2D eigenvalue weighted by atomic mass is 10.1. The number of anilines is 2.